The summed E-state index contributed by atoms with van der Waals surface area (Å²) in [6.07, 6.45) is 0. The van der Waals surface area contributed by atoms with Crippen molar-refractivity contribution in [3.8, 4) is 17.2 Å². The Balaban J connectivity index is 3.05. The van der Waals surface area contributed by atoms with E-state index in [1.54, 1.807) is 27.4 Å². The number of rotatable bonds is 6. The second-order valence-corrected chi connectivity index (χ2v) is 3.40. The first-order valence-electron chi connectivity index (χ1n) is 4.86. The highest BCUT2D eigenvalue weighted by Gasteiger charge is 2.10. The largest absolute Gasteiger partial charge is 0.494 e. The molecule has 0 aliphatic heterocycles. The second-order valence-electron chi connectivity index (χ2n) is 3.02. The summed E-state index contributed by atoms with van der Waals surface area (Å²) in [7, 11) is 4.78. The Bertz CT molecular complexity index is 344. The monoisotopic (exact) mass is 245 g/mol. The summed E-state index contributed by atoms with van der Waals surface area (Å²) < 4.78 is 15.6. The summed E-state index contributed by atoms with van der Waals surface area (Å²) >= 11 is 5.62. The maximum Gasteiger partial charge on any atom is 0.164 e. The van der Waals surface area contributed by atoms with Crippen molar-refractivity contribution in [2.75, 3.05) is 39.1 Å². The molecule has 0 unspecified atom stereocenters. The van der Waals surface area contributed by atoms with Gasteiger partial charge in [0.15, 0.2) is 11.5 Å². The number of hydrogen-bond donors (Lipinski definition) is 1. The number of methoxy groups -OCH3 is 3. The van der Waals surface area contributed by atoms with Crippen molar-refractivity contribution in [2.45, 2.75) is 0 Å². The molecule has 1 rings (SSSR count). The van der Waals surface area contributed by atoms with Crippen LogP contribution in [0.5, 0.6) is 17.2 Å². The van der Waals surface area contributed by atoms with Gasteiger partial charge in [0.1, 0.15) is 5.75 Å². The number of hydrogen-bond acceptors (Lipinski definition) is 4. The lowest BCUT2D eigenvalue weighted by atomic mass is 10.2. The third kappa shape index (κ3) is 2.85. The van der Waals surface area contributed by atoms with E-state index in [2.05, 4.69) is 5.32 Å². The molecule has 0 spiro atoms. The average molecular weight is 246 g/mol. The van der Waals surface area contributed by atoms with Crippen LogP contribution in [0.2, 0.25) is 0 Å². The third-order valence-electron chi connectivity index (χ3n) is 2.12. The maximum absolute atomic E-state index is 5.62. The van der Waals surface area contributed by atoms with Crippen molar-refractivity contribution in [2.24, 2.45) is 0 Å². The van der Waals surface area contributed by atoms with E-state index in [0.29, 0.717) is 29.7 Å². The molecule has 0 aliphatic rings. The van der Waals surface area contributed by atoms with E-state index in [1.165, 1.54) is 0 Å². The fourth-order valence-electron chi connectivity index (χ4n) is 1.35. The lowest BCUT2D eigenvalue weighted by Crippen LogP contribution is -2.05. The molecule has 0 aliphatic carbocycles. The minimum Gasteiger partial charge on any atom is -0.494 e. The molecule has 90 valence electrons. The minimum absolute atomic E-state index is 0.525. The molecule has 0 amide bonds. The van der Waals surface area contributed by atoms with Crippen molar-refractivity contribution < 1.29 is 14.2 Å². The SMILES string of the molecule is COc1cc(OC)c(OC)cc1NCCCl. The fourth-order valence-corrected chi connectivity index (χ4v) is 1.44. The molecule has 0 fully saturated rings. The van der Waals surface area contributed by atoms with E-state index < -0.39 is 0 Å². The van der Waals surface area contributed by atoms with E-state index in [0.717, 1.165) is 5.69 Å². The summed E-state index contributed by atoms with van der Waals surface area (Å²) in [4.78, 5) is 0. The molecule has 0 aromatic heterocycles. The highest BCUT2D eigenvalue weighted by atomic mass is 35.5. The first-order valence-corrected chi connectivity index (χ1v) is 5.40. The van der Waals surface area contributed by atoms with Crippen LogP contribution in [0.15, 0.2) is 12.1 Å². The predicted octanol–water partition coefficient (Wildman–Crippen LogP) is 2.36. The van der Waals surface area contributed by atoms with Crippen molar-refractivity contribution >= 4 is 17.3 Å². The van der Waals surface area contributed by atoms with Gasteiger partial charge in [-0.15, -0.1) is 11.6 Å². The van der Waals surface area contributed by atoms with Crippen LogP contribution in [0.1, 0.15) is 0 Å². The molecular weight excluding hydrogens is 230 g/mol. The predicted molar refractivity (Wildman–Crippen MR) is 65.3 cm³/mol. The van der Waals surface area contributed by atoms with Crippen LogP contribution in [-0.2, 0) is 0 Å². The Labute approximate surface area is 100 Å². The molecule has 1 aromatic carbocycles. The van der Waals surface area contributed by atoms with Gasteiger partial charge in [0, 0.05) is 24.6 Å². The molecule has 0 radical (unpaired) electrons. The Morgan fingerprint density at radius 1 is 1.00 bits per heavy atom. The Kier molecular flexibility index (Phi) is 5.05. The zero-order chi connectivity index (χ0) is 12.0. The van der Waals surface area contributed by atoms with Crippen molar-refractivity contribution in [3.63, 3.8) is 0 Å². The molecule has 0 saturated carbocycles. The summed E-state index contributed by atoms with van der Waals surface area (Å²) in [5, 5.41) is 3.15. The summed E-state index contributed by atoms with van der Waals surface area (Å²) in [5.74, 6) is 2.51. The standard InChI is InChI=1S/C11H16ClNO3/c1-14-9-7-11(16-3)10(15-2)6-8(9)13-5-4-12/h6-7,13H,4-5H2,1-3H3. The van der Waals surface area contributed by atoms with Gasteiger partial charge in [0.25, 0.3) is 0 Å². The second kappa shape index (κ2) is 6.33. The quantitative estimate of drug-likeness (QED) is 0.781. The van der Waals surface area contributed by atoms with Gasteiger partial charge in [-0.25, -0.2) is 0 Å². The van der Waals surface area contributed by atoms with Gasteiger partial charge in [-0.05, 0) is 0 Å². The molecule has 0 heterocycles. The lowest BCUT2D eigenvalue weighted by molar-refractivity contribution is 0.349. The third-order valence-corrected chi connectivity index (χ3v) is 2.30. The van der Waals surface area contributed by atoms with Gasteiger partial charge in [0.05, 0.1) is 27.0 Å². The first kappa shape index (κ1) is 12.8. The normalized spacial score (nSPS) is 9.75. The van der Waals surface area contributed by atoms with Crippen LogP contribution in [0, 0.1) is 0 Å². The van der Waals surface area contributed by atoms with Crippen LogP contribution >= 0.6 is 11.6 Å². The minimum atomic E-state index is 0.525. The van der Waals surface area contributed by atoms with E-state index in [1.807, 2.05) is 6.07 Å². The Morgan fingerprint density at radius 2 is 1.56 bits per heavy atom. The summed E-state index contributed by atoms with van der Waals surface area (Å²) in [5.41, 5.74) is 0.834. The highest BCUT2D eigenvalue weighted by Crippen LogP contribution is 2.37. The van der Waals surface area contributed by atoms with Crippen LogP contribution < -0.4 is 19.5 Å². The topological polar surface area (TPSA) is 39.7 Å². The van der Waals surface area contributed by atoms with E-state index >= 15 is 0 Å². The zero-order valence-corrected chi connectivity index (χ0v) is 10.4. The number of anilines is 1. The summed E-state index contributed by atoms with van der Waals surface area (Å²) in [6, 6.07) is 3.60. The van der Waals surface area contributed by atoms with Crippen LogP contribution in [0.3, 0.4) is 0 Å². The van der Waals surface area contributed by atoms with E-state index in [4.69, 9.17) is 25.8 Å². The molecule has 0 saturated heterocycles. The summed E-state index contributed by atoms with van der Waals surface area (Å²) in [6.45, 7) is 0.660. The van der Waals surface area contributed by atoms with Crippen LogP contribution in [-0.4, -0.2) is 33.8 Å². The highest BCUT2D eigenvalue weighted by molar-refractivity contribution is 6.18. The Hall–Kier alpha value is -1.29. The van der Waals surface area contributed by atoms with Gasteiger partial charge in [-0.3, -0.25) is 0 Å². The molecule has 5 heteroatoms. The lowest BCUT2D eigenvalue weighted by Gasteiger charge is -2.14. The molecule has 0 atom stereocenters. The smallest absolute Gasteiger partial charge is 0.164 e. The van der Waals surface area contributed by atoms with Crippen molar-refractivity contribution in [1.29, 1.82) is 0 Å². The maximum atomic E-state index is 5.62. The fraction of sp³-hybridized carbons (Fsp3) is 0.455. The zero-order valence-electron chi connectivity index (χ0n) is 9.67. The number of ether oxygens (including phenoxy) is 3. The van der Waals surface area contributed by atoms with E-state index in [9.17, 15) is 0 Å². The van der Waals surface area contributed by atoms with Crippen molar-refractivity contribution in [3.05, 3.63) is 12.1 Å². The van der Waals surface area contributed by atoms with Gasteiger partial charge in [-0.1, -0.05) is 0 Å². The number of nitrogens with one attached hydrogen (secondary N) is 1. The van der Waals surface area contributed by atoms with Gasteiger partial charge in [0.2, 0.25) is 0 Å². The van der Waals surface area contributed by atoms with Gasteiger partial charge >= 0.3 is 0 Å². The van der Waals surface area contributed by atoms with Crippen molar-refractivity contribution in [1.82, 2.24) is 0 Å². The molecule has 0 bridgehead atoms. The molecule has 1 aromatic rings. The average Bonchev–Trinajstić information content (AvgIpc) is 2.35. The van der Waals surface area contributed by atoms with Gasteiger partial charge < -0.3 is 19.5 Å². The molecule has 1 N–H and O–H groups in total. The molecular formula is C11H16ClNO3. The Morgan fingerprint density at radius 3 is 2.06 bits per heavy atom. The number of halogens is 1. The number of benzene rings is 1. The molecule has 16 heavy (non-hydrogen) atoms. The van der Waals surface area contributed by atoms with E-state index in [-0.39, 0.29) is 0 Å². The first-order chi connectivity index (χ1) is 7.76. The number of alkyl halides is 1. The van der Waals surface area contributed by atoms with Crippen LogP contribution in [0.4, 0.5) is 5.69 Å². The van der Waals surface area contributed by atoms with Crippen LogP contribution in [0.25, 0.3) is 0 Å². The molecule has 4 nitrogen and oxygen atoms in total. The van der Waals surface area contributed by atoms with Gasteiger partial charge in [-0.2, -0.15) is 0 Å².